The summed E-state index contributed by atoms with van der Waals surface area (Å²) in [4.78, 5) is 29.8. The molecule has 2 heterocycles. The maximum absolute atomic E-state index is 13.3. The molecule has 0 unspecified atom stereocenters. The van der Waals surface area contributed by atoms with Crippen LogP contribution in [-0.2, 0) is 20.8 Å². The van der Waals surface area contributed by atoms with Gasteiger partial charge in [0.15, 0.2) is 10.9 Å². The van der Waals surface area contributed by atoms with Crippen molar-refractivity contribution >= 4 is 53.7 Å². The van der Waals surface area contributed by atoms with E-state index in [1.807, 2.05) is 41.0 Å². The first-order valence-corrected chi connectivity index (χ1v) is 12.3. The fourth-order valence-electron chi connectivity index (χ4n) is 4.41. The van der Waals surface area contributed by atoms with Crippen molar-refractivity contribution in [3.8, 4) is 0 Å². The second kappa shape index (κ2) is 9.04. The van der Waals surface area contributed by atoms with Crippen LogP contribution in [0.25, 0.3) is 43.6 Å². The molecule has 0 spiro atoms. The van der Waals surface area contributed by atoms with Gasteiger partial charge < -0.3 is 9.55 Å². The Kier molecular flexibility index (Phi) is 6.29. The van der Waals surface area contributed by atoms with Crippen LogP contribution in [0.2, 0.25) is 0 Å². The van der Waals surface area contributed by atoms with E-state index in [-0.39, 0.29) is 24.0 Å². The number of aromatic amines is 1. The van der Waals surface area contributed by atoms with Gasteiger partial charge in [-0.25, -0.2) is 0 Å². The Morgan fingerprint density at radius 1 is 0.794 bits per heavy atom. The number of aryl methyl sites for hydroxylation is 1. The van der Waals surface area contributed by atoms with Crippen LogP contribution >= 0.6 is 0 Å². The molecule has 5 rings (SSSR count). The second-order valence-electron chi connectivity index (χ2n) is 8.05. The Morgan fingerprint density at radius 3 is 2.24 bits per heavy atom. The average molecular weight is 479 g/mol. The van der Waals surface area contributed by atoms with Crippen LogP contribution < -0.4 is 10.9 Å². The van der Waals surface area contributed by atoms with Gasteiger partial charge >= 0.3 is 0 Å². The molecule has 0 bridgehead atoms. The highest BCUT2D eigenvalue weighted by Gasteiger charge is 2.15. The molecule has 0 aliphatic rings. The van der Waals surface area contributed by atoms with Crippen molar-refractivity contribution in [1.82, 2.24) is 9.55 Å². The first-order valence-electron chi connectivity index (χ1n) is 10.7. The minimum absolute atomic E-state index is 0. The SMILES string of the molecule is C.COS(=O)(=O)CCCCn1c2ccccc2c(=O)c2cc3[nH]c4ccccc4c(=O)c3cc21. The number of nitrogens with one attached hydrogen (secondary N) is 1. The van der Waals surface area contributed by atoms with E-state index in [1.54, 1.807) is 24.3 Å². The second-order valence-corrected chi connectivity index (χ2v) is 9.91. The average Bonchev–Trinajstić information content (AvgIpc) is 2.83. The number of nitrogens with zero attached hydrogens (tertiary/aromatic N) is 1. The molecule has 1 N–H and O–H groups in total. The summed E-state index contributed by atoms with van der Waals surface area (Å²) in [6.07, 6.45) is 0.980. The number of para-hydroxylation sites is 2. The number of unbranched alkanes of at least 4 members (excludes halogenated alkanes) is 1. The third-order valence-corrected chi connectivity index (χ3v) is 7.37. The van der Waals surface area contributed by atoms with E-state index in [9.17, 15) is 18.0 Å². The fraction of sp³-hybridized carbons (Fsp3) is 0.231. The molecule has 0 aliphatic heterocycles. The Bertz CT molecular complexity index is 1770. The van der Waals surface area contributed by atoms with Gasteiger partial charge in [0.25, 0.3) is 10.1 Å². The van der Waals surface area contributed by atoms with Gasteiger partial charge in [-0.15, -0.1) is 0 Å². The predicted octanol–water partition coefficient (Wildman–Crippen LogP) is 4.54. The summed E-state index contributed by atoms with van der Waals surface area (Å²) in [6, 6.07) is 18.2. The van der Waals surface area contributed by atoms with Crippen LogP contribution in [0.1, 0.15) is 20.3 Å². The molecule has 34 heavy (non-hydrogen) atoms. The molecular weight excluding hydrogens is 452 g/mol. The van der Waals surface area contributed by atoms with Crippen molar-refractivity contribution in [3.05, 3.63) is 81.1 Å². The fourth-order valence-corrected chi connectivity index (χ4v) is 5.14. The lowest BCUT2D eigenvalue weighted by Gasteiger charge is -2.16. The van der Waals surface area contributed by atoms with Gasteiger partial charge in [-0.1, -0.05) is 31.7 Å². The molecule has 0 atom stereocenters. The van der Waals surface area contributed by atoms with E-state index in [1.165, 1.54) is 0 Å². The summed E-state index contributed by atoms with van der Waals surface area (Å²) in [5.74, 6) is -0.0752. The maximum atomic E-state index is 13.3. The van der Waals surface area contributed by atoms with Gasteiger partial charge in [-0.2, -0.15) is 8.42 Å². The smallest absolute Gasteiger partial charge is 0.267 e. The summed E-state index contributed by atoms with van der Waals surface area (Å²) in [7, 11) is -2.37. The summed E-state index contributed by atoms with van der Waals surface area (Å²) >= 11 is 0. The first-order chi connectivity index (χ1) is 15.9. The molecule has 0 saturated heterocycles. The number of fused-ring (bicyclic) bond motifs is 4. The summed E-state index contributed by atoms with van der Waals surface area (Å²) in [5.41, 5.74) is 2.53. The van der Waals surface area contributed by atoms with Gasteiger partial charge in [0.2, 0.25) is 0 Å². The molecule has 0 fully saturated rings. The van der Waals surface area contributed by atoms with Crippen molar-refractivity contribution in [2.24, 2.45) is 0 Å². The van der Waals surface area contributed by atoms with Crippen LogP contribution in [0.3, 0.4) is 0 Å². The molecule has 7 nitrogen and oxygen atoms in total. The standard InChI is InChI=1S/C25H22N2O5S.CH4/c1-32-33(30,31)13-7-6-12-27-22-11-5-3-9-17(22)25(29)19-14-21-18(15-23(19)27)24(28)16-8-2-4-10-20(16)26-21;/h2-5,8-11,14-15H,6-7,12-13H2,1H3,(H,26,28);1H4. The van der Waals surface area contributed by atoms with Crippen molar-refractivity contribution < 1.29 is 12.6 Å². The summed E-state index contributed by atoms with van der Waals surface area (Å²) in [6.45, 7) is 0.494. The zero-order chi connectivity index (χ0) is 23.2. The third kappa shape index (κ3) is 3.99. The van der Waals surface area contributed by atoms with E-state index >= 15 is 0 Å². The Hall–Kier alpha value is -3.49. The largest absolute Gasteiger partial charge is 0.354 e. The number of hydrogen-bond donors (Lipinski definition) is 1. The highest BCUT2D eigenvalue weighted by molar-refractivity contribution is 7.86. The lowest BCUT2D eigenvalue weighted by atomic mass is 10.0. The molecule has 8 heteroatoms. The maximum Gasteiger partial charge on any atom is 0.267 e. The Labute approximate surface area is 196 Å². The molecule has 0 amide bonds. The summed E-state index contributed by atoms with van der Waals surface area (Å²) in [5, 5.41) is 2.18. The molecular formula is C26H26N2O5S. The normalized spacial score (nSPS) is 11.9. The molecule has 2 aromatic heterocycles. The van der Waals surface area contributed by atoms with Crippen molar-refractivity contribution in [2.45, 2.75) is 26.8 Å². The number of benzene rings is 3. The Morgan fingerprint density at radius 2 is 1.47 bits per heavy atom. The third-order valence-electron chi connectivity index (χ3n) is 6.08. The quantitative estimate of drug-likeness (QED) is 0.219. The van der Waals surface area contributed by atoms with Crippen LogP contribution in [0.5, 0.6) is 0 Å². The summed E-state index contributed by atoms with van der Waals surface area (Å²) < 4.78 is 29.9. The highest BCUT2D eigenvalue weighted by Crippen LogP contribution is 2.24. The monoisotopic (exact) mass is 478 g/mol. The highest BCUT2D eigenvalue weighted by atomic mass is 32.2. The zero-order valence-electron chi connectivity index (χ0n) is 18.0. The first kappa shape index (κ1) is 23.7. The van der Waals surface area contributed by atoms with Crippen molar-refractivity contribution in [3.63, 3.8) is 0 Å². The van der Waals surface area contributed by atoms with Crippen LogP contribution in [0, 0.1) is 0 Å². The minimum atomic E-state index is -3.53. The lowest BCUT2D eigenvalue weighted by molar-refractivity contribution is 0.396. The van der Waals surface area contributed by atoms with Crippen molar-refractivity contribution in [2.75, 3.05) is 12.9 Å². The van der Waals surface area contributed by atoms with E-state index in [0.29, 0.717) is 52.0 Å². The van der Waals surface area contributed by atoms with E-state index in [0.717, 1.165) is 18.1 Å². The molecule has 0 aliphatic carbocycles. The van der Waals surface area contributed by atoms with Crippen molar-refractivity contribution in [1.29, 1.82) is 0 Å². The van der Waals surface area contributed by atoms with E-state index < -0.39 is 10.1 Å². The molecule has 176 valence electrons. The van der Waals surface area contributed by atoms with Crippen LogP contribution in [0.15, 0.2) is 70.3 Å². The Balaban J connectivity index is 0.00000274. The number of pyridine rings is 2. The number of rotatable bonds is 6. The predicted molar refractivity (Wildman–Crippen MR) is 138 cm³/mol. The van der Waals surface area contributed by atoms with E-state index in [2.05, 4.69) is 9.17 Å². The van der Waals surface area contributed by atoms with Gasteiger partial charge in [-0.05, 0) is 49.2 Å². The van der Waals surface area contributed by atoms with E-state index in [4.69, 9.17) is 0 Å². The molecule has 5 aromatic rings. The molecule has 3 aromatic carbocycles. The van der Waals surface area contributed by atoms with Gasteiger partial charge in [0, 0.05) is 33.6 Å². The number of H-pyrrole nitrogens is 1. The number of hydrogen-bond acceptors (Lipinski definition) is 5. The topological polar surface area (TPSA) is 98.2 Å². The van der Waals surface area contributed by atoms with Gasteiger partial charge in [0.05, 0.1) is 29.4 Å². The van der Waals surface area contributed by atoms with Gasteiger partial charge in [-0.3, -0.25) is 13.8 Å². The minimum Gasteiger partial charge on any atom is -0.354 e. The van der Waals surface area contributed by atoms with Gasteiger partial charge in [0.1, 0.15) is 0 Å². The molecule has 0 saturated carbocycles. The van der Waals surface area contributed by atoms with Crippen LogP contribution in [0.4, 0.5) is 0 Å². The molecule has 0 radical (unpaired) electrons. The lowest BCUT2D eigenvalue weighted by Crippen LogP contribution is -2.14. The number of aromatic nitrogens is 2. The zero-order valence-corrected chi connectivity index (χ0v) is 18.8. The van der Waals surface area contributed by atoms with Crippen LogP contribution in [-0.4, -0.2) is 30.8 Å².